The Morgan fingerprint density at radius 3 is 2.85 bits per heavy atom. The standard InChI is InChI=1S/C15H22N2O2.ClH/c1-10(2)12-5-4-6-13(9-12)17-15(18)14-11(3)19-8-7-16-14;/h4-6,9-11,14,16H,7-8H2,1-3H3,(H,17,18);1H/t11-,14+;/m1./s1. The molecule has 2 N–H and O–H groups in total. The first-order valence-corrected chi connectivity index (χ1v) is 6.83. The molecule has 20 heavy (non-hydrogen) atoms. The summed E-state index contributed by atoms with van der Waals surface area (Å²) in [5.41, 5.74) is 2.06. The van der Waals surface area contributed by atoms with E-state index in [0.29, 0.717) is 19.1 Å². The van der Waals surface area contributed by atoms with Gasteiger partial charge in [0.25, 0.3) is 0 Å². The molecule has 4 nitrogen and oxygen atoms in total. The van der Waals surface area contributed by atoms with Crippen LogP contribution >= 0.6 is 12.4 Å². The molecule has 1 saturated heterocycles. The molecule has 1 aliphatic heterocycles. The lowest BCUT2D eigenvalue weighted by atomic mass is 10.0. The van der Waals surface area contributed by atoms with E-state index >= 15 is 0 Å². The molecule has 0 unspecified atom stereocenters. The average Bonchev–Trinajstić information content (AvgIpc) is 2.39. The van der Waals surface area contributed by atoms with Crippen molar-refractivity contribution in [3.63, 3.8) is 0 Å². The van der Waals surface area contributed by atoms with E-state index in [9.17, 15) is 4.79 Å². The molecule has 0 aromatic heterocycles. The molecular weight excluding hydrogens is 276 g/mol. The van der Waals surface area contributed by atoms with E-state index < -0.39 is 0 Å². The fourth-order valence-electron chi connectivity index (χ4n) is 2.22. The third-order valence-corrected chi connectivity index (χ3v) is 3.42. The highest BCUT2D eigenvalue weighted by Gasteiger charge is 2.28. The molecule has 0 saturated carbocycles. The number of amides is 1. The summed E-state index contributed by atoms with van der Waals surface area (Å²) in [5.74, 6) is 0.417. The van der Waals surface area contributed by atoms with E-state index in [1.54, 1.807) is 0 Å². The molecule has 1 amide bonds. The molecular formula is C15H23ClN2O2. The smallest absolute Gasteiger partial charge is 0.244 e. The van der Waals surface area contributed by atoms with Gasteiger partial charge in [-0.15, -0.1) is 12.4 Å². The second-order valence-electron chi connectivity index (χ2n) is 5.28. The summed E-state index contributed by atoms with van der Waals surface area (Å²) >= 11 is 0. The Morgan fingerprint density at radius 2 is 2.20 bits per heavy atom. The number of ether oxygens (including phenoxy) is 1. The molecule has 0 spiro atoms. The van der Waals surface area contributed by atoms with Crippen molar-refractivity contribution in [1.29, 1.82) is 0 Å². The van der Waals surface area contributed by atoms with E-state index in [-0.39, 0.29) is 30.5 Å². The van der Waals surface area contributed by atoms with Crippen LogP contribution in [0, 0.1) is 0 Å². The molecule has 0 aliphatic carbocycles. The topological polar surface area (TPSA) is 50.4 Å². The van der Waals surface area contributed by atoms with Crippen LogP contribution in [-0.2, 0) is 9.53 Å². The van der Waals surface area contributed by atoms with Gasteiger partial charge in [0.1, 0.15) is 6.04 Å². The Labute approximate surface area is 126 Å². The lowest BCUT2D eigenvalue weighted by molar-refractivity contribution is -0.123. The fraction of sp³-hybridized carbons (Fsp3) is 0.533. The summed E-state index contributed by atoms with van der Waals surface area (Å²) in [6.07, 6.45) is -0.0953. The highest BCUT2D eigenvalue weighted by atomic mass is 35.5. The first kappa shape index (κ1) is 17.0. The minimum Gasteiger partial charge on any atom is -0.375 e. The lowest BCUT2D eigenvalue weighted by Gasteiger charge is -2.29. The zero-order chi connectivity index (χ0) is 13.8. The Balaban J connectivity index is 0.00000200. The molecule has 1 heterocycles. The number of benzene rings is 1. The van der Waals surface area contributed by atoms with Gasteiger partial charge in [-0.1, -0.05) is 26.0 Å². The maximum absolute atomic E-state index is 12.2. The van der Waals surface area contributed by atoms with Gasteiger partial charge in [-0.2, -0.15) is 0 Å². The molecule has 112 valence electrons. The van der Waals surface area contributed by atoms with Crippen molar-refractivity contribution in [2.45, 2.75) is 38.8 Å². The van der Waals surface area contributed by atoms with Gasteiger partial charge in [-0.3, -0.25) is 4.79 Å². The molecule has 2 atom stereocenters. The van der Waals surface area contributed by atoms with Crippen LogP contribution in [0.4, 0.5) is 5.69 Å². The Morgan fingerprint density at radius 1 is 1.45 bits per heavy atom. The second kappa shape index (κ2) is 7.62. The fourth-order valence-corrected chi connectivity index (χ4v) is 2.22. The van der Waals surface area contributed by atoms with E-state index in [4.69, 9.17) is 4.74 Å². The SMILES string of the molecule is CC(C)c1cccc(NC(=O)[C@H]2NCCO[C@@H]2C)c1.Cl. The number of hydrogen-bond donors (Lipinski definition) is 2. The number of nitrogens with one attached hydrogen (secondary N) is 2. The summed E-state index contributed by atoms with van der Waals surface area (Å²) in [4.78, 5) is 12.2. The number of anilines is 1. The quantitative estimate of drug-likeness (QED) is 0.902. The number of rotatable bonds is 3. The Bertz CT molecular complexity index is 451. The third kappa shape index (κ3) is 4.20. The number of halogens is 1. The van der Waals surface area contributed by atoms with Crippen LogP contribution < -0.4 is 10.6 Å². The summed E-state index contributed by atoms with van der Waals surface area (Å²) < 4.78 is 5.49. The lowest BCUT2D eigenvalue weighted by Crippen LogP contribution is -2.53. The molecule has 1 aromatic carbocycles. The van der Waals surface area contributed by atoms with Crippen molar-refractivity contribution < 1.29 is 9.53 Å². The van der Waals surface area contributed by atoms with Crippen LogP contribution in [-0.4, -0.2) is 31.2 Å². The molecule has 5 heteroatoms. The molecule has 1 fully saturated rings. The number of morpholine rings is 1. The average molecular weight is 299 g/mol. The van der Waals surface area contributed by atoms with Gasteiger partial charge in [-0.25, -0.2) is 0 Å². The molecule has 2 rings (SSSR count). The number of carbonyl (C=O) groups is 1. The Hall–Kier alpha value is -1.10. The van der Waals surface area contributed by atoms with Crippen molar-refractivity contribution >= 4 is 24.0 Å². The van der Waals surface area contributed by atoms with Gasteiger partial charge in [0, 0.05) is 12.2 Å². The van der Waals surface area contributed by atoms with Crippen molar-refractivity contribution in [3.8, 4) is 0 Å². The van der Waals surface area contributed by atoms with Gasteiger partial charge in [0.05, 0.1) is 12.7 Å². The summed E-state index contributed by atoms with van der Waals surface area (Å²) in [5, 5.41) is 6.15. The van der Waals surface area contributed by atoms with E-state index in [2.05, 4.69) is 30.5 Å². The van der Waals surface area contributed by atoms with Crippen LogP contribution in [0.15, 0.2) is 24.3 Å². The maximum atomic E-state index is 12.2. The summed E-state index contributed by atoms with van der Waals surface area (Å²) in [6, 6.07) is 7.70. The van der Waals surface area contributed by atoms with Crippen LogP contribution in [0.5, 0.6) is 0 Å². The van der Waals surface area contributed by atoms with Gasteiger partial charge in [-0.05, 0) is 30.5 Å². The van der Waals surface area contributed by atoms with Gasteiger partial charge >= 0.3 is 0 Å². The van der Waals surface area contributed by atoms with Crippen molar-refractivity contribution in [2.24, 2.45) is 0 Å². The Kier molecular flexibility index (Phi) is 6.46. The maximum Gasteiger partial charge on any atom is 0.244 e. The van der Waals surface area contributed by atoms with Crippen molar-refractivity contribution in [2.75, 3.05) is 18.5 Å². The number of hydrogen-bond acceptors (Lipinski definition) is 3. The zero-order valence-corrected chi connectivity index (χ0v) is 13.0. The number of carbonyl (C=O) groups excluding carboxylic acids is 1. The van der Waals surface area contributed by atoms with E-state index in [1.807, 2.05) is 25.1 Å². The van der Waals surface area contributed by atoms with E-state index in [1.165, 1.54) is 5.56 Å². The van der Waals surface area contributed by atoms with Gasteiger partial charge in [0.2, 0.25) is 5.91 Å². The predicted octanol–water partition coefficient (Wildman–Crippen LogP) is 2.55. The largest absolute Gasteiger partial charge is 0.375 e. The van der Waals surface area contributed by atoms with Crippen LogP contribution in [0.1, 0.15) is 32.3 Å². The summed E-state index contributed by atoms with van der Waals surface area (Å²) in [7, 11) is 0. The minimum atomic E-state index is -0.281. The molecule has 1 aromatic rings. The van der Waals surface area contributed by atoms with Crippen LogP contribution in [0.2, 0.25) is 0 Å². The molecule has 0 bridgehead atoms. The van der Waals surface area contributed by atoms with Crippen LogP contribution in [0.25, 0.3) is 0 Å². The molecule has 1 aliphatic rings. The van der Waals surface area contributed by atoms with Gasteiger partial charge < -0.3 is 15.4 Å². The van der Waals surface area contributed by atoms with E-state index in [0.717, 1.165) is 5.69 Å². The van der Waals surface area contributed by atoms with Crippen LogP contribution in [0.3, 0.4) is 0 Å². The minimum absolute atomic E-state index is 0. The highest BCUT2D eigenvalue weighted by Crippen LogP contribution is 2.19. The summed E-state index contributed by atoms with van der Waals surface area (Å²) in [6.45, 7) is 7.57. The van der Waals surface area contributed by atoms with Crippen molar-refractivity contribution in [1.82, 2.24) is 5.32 Å². The van der Waals surface area contributed by atoms with Crippen molar-refractivity contribution in [3.05, 3.63) is 29.8 Å². The first-order valence-electron chi connectivity index (χ1n) is 6.83. The predicted molar refractivity (Wildman–Crippen MR) is 83.6 cm³/mol. The van der Waals surface area contributed by atoms with Gasteiger partial charge in [0.15, 0.2) is 0 Å². The first-order chi connectivity index (χ1) is 9.08. The molecule has 0 radical (unpaired) electrons. The third-order valence-electron chi connectivity index (χ3n) is 3.42. The monoisotopic (exact) mass is 298 g/mol. The normalized spacial score (nSPS) is 22.2. The highest BCUT2D eigenvalue weighted by molar-refractivity contribution is 5.95. The second-order valence-corrected chi connectivity index (χ2v) is 5.28. The zero-order valence-electron chi connectivity index (χ0n) is 12.2.